The number of ether oxygens (including phenoxy) is 1. The van der Waals surface area contributed by atoms with Crippen LogP contribution in [0, 0.1) is 0 Å². The van der Waals surface area contributed by atoms with Gasteiger partial charge in [0.15, 0.2) is 0 Å². The highest BCUT2D eigenvalue weighted by atomic mass is 79.9. The van der Waals surface area contributed by atoms with Crippen molar-refractivity contribution in [3.05, 3.63) is 21.2 Å². The van der Waals surface area contributed by atoms with Crippen LogP contribution >= 0.6 is 31.9 Å². The molecule has 0 aromatic carbocycles. The van der Waals surface area contributed by atoms with Gasteiger partial charge < -0.3 is 9.64 Å². The van der Waals surface area contributed by atoms with E-state index >= 15 is 0 Å². The number of methoxy groups -OCH3 is 1. The minimum atomic E-state index is -0.279. The molecular formula is C10H12Br2N2O2. The predicted molar refractivity (Wildman–Crippen MR) is 69.5 cm³/mol. The van der Waals surface area contributed by atoms with E-state index in [1.165, 1.54) is 7.11 Å². The fourth-order valence-electron chi connectivity index (χ4n) is 1.20. The number of nitrogens with zero attached hydrogens (tertiary/aromatic N) is 2. The van der Waals surface area contributed by atoms with E-state index in [9.17, 15) is 4.79 Å². The number of rotatable bonds is 4. The molecule has 0 N–H and O–H groups in total. The van der Waals surface area contributed by atoms with Crippen molar-refractivity contribution in [2.45, 2.75) is 6.92 Å². The molecule has 0 aliphatic heterocycles. The fourth-order valence-corrected chi connectivity index (χ4v) is 2.44. The Morgan fingerprint density at radius 2 is 2.25 bits per heavy atom. The molecule has 4 nitrogen and oxygen atoms in total. The first-order valence-corrected chi connectivity index (χ1v) is 6.30. The Bertz CT molecular complexity index is 385. The summed E-state index contributed by atoms with van der Waals surface area (Å²) in [5.41, 5.74) is 0. The van der Waals surface area contributed by atoms with Crippen LogP contribution in [0.15, 0.2) is 21.2 Å². The standard InChI is InChI=1S/C10H12Br2N2O2/c1-3-14(6-9(15)16-2)10-8(12)4-7(11)5-13-10/h4-5H,3,6H2,1-2H3. The van der Waals surface area contributed by atoms with E-state index in [1.807, 2.05) is 17.9 Å². The maximum absolute atomic E-state index is 11.2. The third-order valence-electron chi connectivity index (χ3n) is 2.02. The number of pyridine rings is 1. The lowest BCUT2D eigenvalue weighted by molar-refractivity contribution is -0.138. The number of carbonyl (C=O) groups is 1. The Morgan fingerprint density at radius 1 is 1.56 bits per heavy atom. The van der Waals surface area contributed by atoms with Crippen molar-refractivity contribution in [1.29, 1.82) is 0 Å². The molecule has 16 heavy (non-hydrogen) atoms. The number of hydrogen-bond donors (Lipinski definition) is 0. The number of esters is 1. The van der Waals surface area contributed by atoms with Gasteiger partial charge in [-0.25, -0.2) is 4.98 Å². The minimum absolute atomic E-state index is 0.195. The molecule has 0 spiro atoms. The molecule has 0 aliphatic carbocycles. The van der Waals surface area contributed by atoms with Gasteiger partial charge in [-0.2, -0.15) is 0 Å². The summed E-state index contributed by atoms with van der Waals surface area (Å²) in [7, 11) is 1.38. The summed E-state index contributed by atoms with van der Waals surface area (Å²) in [5.74, 6) is 0.453. The van der Waals surface area contributed by atoms with Crippen LogP contribution in [-0.4, -0.2) is 31.2 Å². The van der Waals surface area contributed by atoms with Crippen LogP contribution < -0.4 is 4.90 Å². The van der Waals surface area contributed by atoms with Crippen molar-refractivity contribution in [3.8, 4) is 0 Å². The molecule has 0 radical (unpaired) electrons. The molecule has 0 aliphatic rings. The summed E-state index contributed by atoms with van der Waals surface area (Å²) < 4.78 is 6.36. The smallest absolute Gasteiger partial charge is 0.325 e. The number of carbonyl (C=O) groups excluding carboxylic acids is 1. The zero-order valence-electron chi connectivity index (χ0n) is 9.04. The summed E-state index contributed by atoms with van der Waals surface area (Å²) >= 11 is 6.74. The van der Waals surface area contributed by atoms with Crippen LogP contribution in [0.4, 0.5) is 5.82 Å². The van der Waals surface area contributed by atoms with Crippen molar-refractivity contribution in [2.75, 3.05) is 25.1 Å². The topological polar surface area (TPSA) is 42.4 Å². The highest BCUT2D eigenvalue weighted by molar-refractivity contribution is 9.11. The molecular weight excluding hydrogens is 340 g/mol. The summed E-state index contributed by atoms with van der Waals surface area (Å²) in [4.78, 5) is 17.3. The average Bonchev–Trinajstić information content (AvgIpc) is 2.26. The van der Waals surface area contributed by atoms with E-state index in [2.05, 4.69) is 41.6 Å². The molecule has 1 rings (SSSR count). The van der Waals surface area contributed by atoms with Crippen molar-refractivity contribution in [1.82, 2.24) is 4.98 Å². The van der Waals surface area contributed by atoms with Crippen molar-refractivity contribution in [3.63, 3.8) is 0 Å². The molecule has 0 amide bonds. The molecule has 0 unspecified atom stereocenters. The first-order chi connectivity index (χ1) is 7.58. The van der Waals surface area contributed by atoms with Crippen molar-refractivity contribution < 1.29 is 9.53 Å². The van der Waals surface area contributed by atoms with Gasteiger partial charge in [0.1, 0.15) is 12.4 Å². The van der Waals surface area contributed by atoms with Gasteiger partial charge in [0.25, 0.3) is 0 Å². The van der Waals surface area contributed by atoms with E-state index in [0.29, 0.717) is 6.54 Å². The second-order valence-electron chi connectivity index (χ2n) is 3.05. The van der Waals surface area contributed by atoms with Crippen LogP contribution in [0.1, 0.15) is 6.92 Å². The van der Waals surface area contributed by atoms with Crippen molar-refractivity contribution >= 4 is 43.6 Å². The zero-order valence-corrected chi connectivity index (χ0v) is 12.2. The second-order valence-corrected chi connectivity index (χ2v) is 4.82. The van der Waals surface area contributed by atoms with Crippen LogP contribution in [-0.2, 0) is 9.53 Å². The monoisotopic (exact) mass is 350 g/mol. The predicted octanol–water partition coefficient (Wildman–Crippen LogP) is 2.61. The Labute approximate surface area is 111 Å². The maximum atomic E-state index is 11.2. The van der Waals surface area contributed by atoms with E-state index in [1.54, 1.807) is 6.20 Å². The summed E-state index contributed by atoms with van der Waals surface area (Å²) in [6, 6.07) is 1.89. The molecule has 1 heterocycles. The van der Waals surface area contributed by atoms with Crippen LogP contribution in [0.3, 0.4) is 0 Å². The van der Waals surface area contributed by atoms with Gasteiger partial charge >= 0.3 is 5.97 Å². The third kappa shape index (κ3) is 3.45. The van der Waals surface area contributed by atoms with Gasteiger partial charge in [-0.05, 0) is 44.8 Å². The first-order valence-electron chi connectivity index (χ1n) is 4.71. The van der Waals surface area contributed by atoms with E-state index in [-0.39, 0.29) is 12.5 Å². The molecule has 6 heteroatoms. The Hall–Kier alpha value is -0.620. The number of likely N-dealkylation sites (N-methyl/N-ethyl adjacent to an activating group) is 1. The highest BCUT2D eigenvalue weighted by Gasteiger charge is 2.14. The quantitative estimate of drug-likeness (QED) is 0.782. The lowest BCUT2D eigenvalue weighted by Crippen LogP contribution is -2.31. The summed E-state index contributed by atoms with van der Waals surface area (Å²) in [6.07, 6.45) is 1.69. The normalized spacial score (nSPS) is 10.0. The first kappa shape index (κ1) is 13.4. The van der Waals surface area contributed by atoms with Crippen molar-refractivity contribution in [2.24, 2.45) is 0 Å². The molecule has 1 aromatic heterocycles. The van der Waals surface area contributed by atoms with E-state index in [4.69, 9.17) is 0 Å². The van der Waals surface area contributed by atoms with Gasteiger partial charge in [0.2, 0.25) is 0 Å². The van der Waals surface area contributed by atoms with E-state index in [0.717, 1.165) is 14.8 Å². The molecule has 0 bridgehead atoms. The zero-order chi connectivity index (χ0) is 12.1. The van der Waals surface area contributed by atoms with Gasteiger partial charge in [-0.3, -0.25) is 4.79 Å². The summed E-state index contributed by atoms with van der Waals surface area (Å²) in [5, 5.41) is 0. The Balaban J connectivity index is 2.90. The number of anilines is 1. The number of aromatic nitrogens is 1. The van der Waals surface area contributed by atoms with Crippen LogP contribution in [0.5, 0.6) is 0 Å². The SMILES string of the molecule is CCN(CC(=O)OC)c1ncc(Br)cc1Br. The summed E-state index contributed by atoms with van der Waals surface area (Å²) in [6.45, 7) is 2.83. The third-order valence-corrected chi connectivity index (χ3v) is 3.03. The fraction of sp³-hybridized carbons (Fsp3) is 0.400. The molecule has 0 fully saturated rings. The van der Waals surface area contributed by atoms with Gasteiger partial charge in [0.05, 0.1) is 11.6 Å². The molecule has 0 saturated heterocycles. The second kappa shape index (κ2) is 6.20. The largest absolute Gasteiger partial charge is 0.468 e. The van der Waals surface area contributed by atoms with Gasteiger partial charge in [-0.1, -0.05) is 0 Å². The highest BCUT2D eigenvalue weighted by Crippen LogP contribution is 2.26. The lowest BCUT2D eigenvalue weighted by Gasteiger charge is -2.21. The lowest BCUT2D eigenvalue weighted by atomic mass is 10.4. The van der Waals surface area contributed by atoms with E-state index < -0.39 is 0 Å². The molecule has 0 saturated carbocycles. The van der Waals surface area contributed by atoms with Crippen LogP contribution in [0.25, 0.3) is 0 Å². The molecule has 88 valence electrons. The van der Waals surface area contributed by atoms with Gasteiger partial charge in [0, 0.05) is 17.2 Å². The Kier molecular flexibility index (Phi) is 5.21. The molecule has 1 aromatic rings. The molecule has 0 atom stereocenters. The number of halogens is 2. The average molecular weight is 352 g/mol. The minimum Gasteiger partial charge on any atom is -0.468 e. The van der Waals surface area contributed by atoms with Crippen LogP contribution in [0.2, 0.25) is 0 Å². The van der Waals surface area contributed by atoms with Gasteiger partial charge in [-0.15, -0.1) is 0 Å². The Morgan fingerprint density at radius 3 is 2.75 bits per heavy atom. The maximum Gasteiger partial charge on any atom is 0.325 e. The number of hydrogen-bond acceptors (Lipinski definition) is 4.